The second-order valence-corrected chi connectivity index (χ2v) is 5.37. The van der Waals surface area contributed by atoms with Crippen LogP contribution in [-0.4, -0.2) is 24.2 Å². The number of halogens is 3. The Labute approximate surface area is 147 Å². The van der Waals surface area contributed by atoms with E-state index in [2.05, 4.69) is 10.1 Å². The number of ether oxygens (including phenoxy) is 2. The van der Waals surface area contributed by atoms with Crippen molar-refractivity contribution < 1.29 is 32.2 Å². The number of benzene rings is 2. The number of para-hydroxylation sites is 2. The molecule has 0 aliphatic rings. The number of hydrogen-bond donors (Lipinski definition) is 1. The molecule has 0 aliphatic carbocycles. The van der Waals surface area contributed by atoms with Crippen LogP contribution in [0.25, 0.3) is 0 Å². The fourth-order valence-electron chi connectivity index (χ4n) is 2.04. The minimum atomic E-state index is -4.87. The Bertz CT molecular complexity index is 788. The van der Waals surface area contributed by atoms with Crippen molar-refractivity contribution in [2.45, 2.75) is 26.3 Å². The van der Waals surface area contributed by atoms with Crippen LogP contribution >= 0.6 is 0 Å². The van der Waals surface area contributed by atoms with Crippen LogP contribution in [0.4, 0.5) is 18.9 Å². The molecule has 0 spiro atoms. The Morgan fingerprint density at radius 3 is 2.23 bits per heavy atom. The molecule has 2 aromatic rings. The van der Waals surface area contributed by atoms with Gasteiger partial charge in [-0.05, 0) is 50.2 Å². The molecule has 1 amide bonds. The number of anilines is 1. The van der Waals surface area contributed by atoms with E-state index in [1.165, 1.54) is 44.2 Å². The molecular weight excluding hydrogens is 351 g/mol. The maximum atomic E-state index is 12.4. The van der Waals surface area contributed by atoms with E-state index in [1.807, 2.05) is 0 Å². The summed E-state index contributed by atoms with van der Waals surface area (Å²) in [6.45, 7) is 2.87. The molecule has 0 saturated carbocycles. The number of alkyl halides is 3. The highest BCUT2D eigenvalue weighted by Gasteiger charge is 2.32. The predicted octanol–water partition coefficient (Wildman–Crippen LogP) is 4.19. The molecule has 2 aromatic carbocycles. The van der Waals surface area contributed by atoms with Crippen molar-refractivity contribution >= 4 is 17.4 Å². The van der Waals surface area contributed by atoms with E-state index in [0.717, 1.165) is 6.07 Å². The Morgan fingerprint density at radius 2 is 1.65 bits per heavy atom. The molecule has 5 nitrogen and oxygen atoms in total. The third-order valence-electron chi connectivity index (χ3n) is 3.31. The quantitative estimate of drug-likeness (QED) is 0.778. The highest BCUT2D eigenvalue weighted by Crippen LogP contribution is 2.30. The van der Waals surface area contributed by atoms with Gasteiger partial charge in [-0.2, -0.15) is 0 Å². The number of ketones is 1. The summed E-state index contributed by atoms with van der Waals surface area (Å²) in [5.74, 6) is -0.939. The van der Waals surface area contributed by atoms with Crippen LogP contribution in [0.5, 0.6) is 11.5 Å². The van der Waals surface area contributed by atoms with Gasteiger partial charge >= 0.3 is 6.36 Å². The van der Waals surface area contributed by atoms with Crippen molar-refractivity contribution in [1.29, 1.82) is 0 Å². The molecular formula is C18H16F3NO4. The summed E-state index contributed by atoms with van der Waals surface area (Å²) in [4.78, 5) is 23.4. The standard InChI is InChI=1S/C18H16F3NO4/c1-11(23)13-7-9-14(10-8-13)25-12(2)17(24)22-15-5-3-4-6-16(15)26-18(19,20)21/h3-10,12H,1-2H3,(H,22,24). The third-order valence-corrected chi connectivity index (χ3v) is 3.31. The first kappa shape index (κ1) is 19.3. The molecule has 8 heteroatoms. The number of amides is 1. The Kier molecular flexibility index (Phi) is 5.86. The molecule has 0 aliphatic heterocycles. The van der Waals surface area contributed by atoms with Crippen molar-refractivity contribution in [3.05, 3.63) is 54.1 Å². The number of carbonyl (C=O) groups excluding carboxylic acids is 2. The zero-order valence-corrected chi connectivity index (χ0v) is 14.0. The van der Waals surface area contributed by atoms with Gasteiger partial charge in [0.1, 0.15) is 5.75 Å². The maximum Gasteiger partial charge on any atom is 0.573 e. The molecule has 0 aromatic heterocycles. The van der Waals surface area contributed by atoms with Crippen molar-refractivity contribution in [1.82, 2.24) is 0 Å². The van der Waals surface area contributed by atoms with Crippen LogP contribution < -0.4 is 14.8 Å². The summed E-state index contributed by atoms with van der Waals surface area (Å²) in [6.07, 6.45) is -5.86. The van der Waals surface area contributed by atoms with Crippen LogP contribution in [0.1, 0.15) is 24.2 Å². The fourth-order valence-corrected chi connectivity index (χ4v) is 2.04. The van der Waals surface area contributed by atoms with Crippen molar-refractivity contribution in [2.24, 2.45) is 0 Å². The number of carbonyl (C=O) groups is 2. The van der Waals surface area contributed by atoms with Gasteiger partial charge in [0.2, 0.25) is 0 Å². The third kappa shape index (κ3) is 5.51. The predicted molar refractivity (Wildman–Crippen MR) is 88.3 cm³/mol. The molecule has 0 heterocycles. The zero-order valence-electron chi connectivity index (χ0n) is 14.0. The number of rotatable bonds is 6. The second-order valence-electron chi connectivity index (χ2n) is 5.37. The lowest BCUT2D eigenvalue weighted by molar-refractivity contribution is -0.274. The van der Waals surface area contributed by atoms with Crippen LogP contribution in [0.3, 0.4) is 0 Å². The molecule has 1 N–H and O–H groups in total. The summed E-state index contributed by atoms with van der Waals surface area (Å²) in [6, 6.07) is 11.4. The van der Waals surface area contributed by atoms with Gasteiger partial charge in [-0.3, -0.25) is 9.59 Å². The first-order valence-corrected chi connectivity index (χ1v) is 7.59. The lowest BCUT2D eigenvalue weighted by atomic mass is 10.1. The van der Waals surface area contributed by atoms with E-state index in [4.69, 9.17) is 4.74 Å². The Morgan fingerprint density at radius 1 is 1.04 bits per heavy atom. The lowest BCUT2D eigenvalue weighted by Crippen LogP contribution is -2.30. The molecule has 0 radical (unpaired) electrons. The summed E-state index contributed by atoms with van der Waals surface area (Å²) in [5.41, 5.74) is 0.366. The van der Waals surface area contributed by atoms with Crippen molar-refractivity contribution in [3.8, 4) is 11.5 Å². The largest absolute Gasteiger partial charge is 0.573 e. The highest BCUT2D eigenvalue weighted by molar-refractivity contribution is 5.95. The normalized spacial score (nSPS) is 12.2. The number of Topliss-reactive ketones (excluding diaryl/α,β-unsaturated/α-hetero) is 1. The van der Waals surface area contributed by atoms with E-state index in [-0.39, 0.29) is 11.5 Å². The van der Waals surface area contributed by atoms with Gasteiger partial charge in [-0.1, -0.05) is 12.1 Å². The van der Waals surface area contributed by atoms with Gasteiger partial charge < -0.3 is 14.8 Å². The molecule has 1 atom stereocenters. The Hall–Kier alpha value is -3.03. The van der Waals surface area contributed by atoms with Crippen LogP contribution in [0, 0.1) is 0 Å². The fraction of sp³-hybridized carbons (Fsp3) is 0.222. The van der Waals surface area contributed by atoms with Gasteiger partial charge in [0.15, 0.2) is 17.6 Å². The second kappa shape index (κ2) is 7.90. The summed E-state index contributed by atoms with van der Waals surface area (Å²) in [7, 11) is 0. The number of hydrogen-bond acceptors (Lipinski definition) is 4. The van der Waals surface area contributed by atoms with E-state index in [1.54, 1.807) is 12.1 Å². The Balaban J connectivity index is 2.04. The van der Waals surface area contributed by atoms with E-state index >= 15 is 0 Å². The van der Waals surface area contributed by atoms with Crippen LogP contribution in [0.2, 0.25) is 0 Å². The van der Waals surface area contributed by atoms with Gasteiger partial charge in [0, 0.05) is 5.56 Å². The van der Waals surface area contributed by atoms with Crippen LogP contribution in [0.15, 0.2) is 48.5 Å². The molecule has 1 unspecified atom stereocenters. The van der Waals surface area contributed by atoms with Gasteiger partial charge in [0.05, 0.1) is 5.69 Å². The van der Waals surface area contributed by atoms with E-state index in [9.17, 15) is 22.8 Å². The summed E-state index contributed by atoms with van der Waals surface area (Å²) >= 11 is 0. The average Bonchev–Trinajstić information content (AvgIpc) is 2.55. The van der Waals surface area contributed by atoms with Crippen LogP contribution in [-0.2, 0) is 4.79 Å². The smallest absolute Gasteiger partial charge is 0.481 e. The highest BCUT2D eigenvalue weighted by atomic mass is 19.4. The summed E-state index contributed by atoms with van der Waals surface area (Å²) in [5, 5.41) is 2.34. The molecule has 2 rings (SSSR count). The van der Waals surface area contributed by atoms with Crippen molar-refractivity contribution in [2.75, 3.05) is 5.32 Å². The summed E-state index contributed by atoms with van der Waals surface area (Å²) < 4.78 is 46.5. The molecule has 26 heavy (non-hydrogen) atoms. The first-order valence-electron chi connectivity index (χ1n) is 7.59. The maximum absolute atomic E-state index is 12.4. The molecule has 0 saturated heterocycles. The molecule has 0 fully saturated rings. The van der Waals surface area contributed by atoms with E-state index in [0.29, 0.717) is 11.3 Å². The topological polar surface area (TPSA) is 64.6 Å². The lowest BCUT2D eigenvalue weighted by Gasteiger charge is -2.17. The minimum Gasteiger partial charge on any atom is -0.481 e. The molecule has 138 valence electrons. The van der Waals surface area contributed by atoms with Gasteiger partial charge in [-0.15, -0.1) is 13.2 Å². The number of nitrogens with one attached hydrogen (secondary N) is 1. The van der Waals surface area contributed by atoms with Gasteiger partial charge in [0.25, 0.3) is 5.91 Å². The first-order chi connectivity index (χ1) is 12.2. The SMILES string of the molecule is CC(=O)c1ccc(OC(C)C(=O)Nc2ccccc2OC(F)(F)F)cc1. The average molecular weight is 367 g/mol. The van der Waals surface area contributed by atoms with Crippen molar-refractivity contribution in [3.63, 3.8) is 0 Å². The van der Waals surface area contributed by atoms with E-state index < -0.39 is 24.1 Å². The molecule has 0 bridgehead atoms. The monoisotopic (exact) mass is 367 g/mol. The minimum absolute atomic E-state index is 0.108. The van der Waals surface area contributed by atoms with Gasteiger partial charge in [-0.25, -0.2) is 0 Å². The zero-order chi connectivity index (χ0) is 19.3.